The third kappa shape index (κ3) is 4.48. The van der Waals surface area contributed by atoms with Crippen molar-refractivity contribution in [1.29, 1.82) is 0 Å². The van der Waals surface area contributed by atoms with E-state index >= 15 is 0 Å². The molecule has 1 N–H and O–H groups in total. The van der Waals surface area contributed by atoms with Gasteiger partial charge in [0.05, 0.1) is 0 Å². The molecule has 0 atom stereocenters. The second-order valence-corrected chi connectivity index (χ2v) is 8.91. The van der Waals surface area contributed by atoms with Gasteiger partial charge in [0.25, 0.3) is 5.91 Å². The number of benzene rings is 3. The minimum atomic E-state index is -1.09. The predicted octanol–water partition coefficient (Wildman–Crippen LogP) is 6.87. The van der Waals surface area contributed by atoms with Crippen molar-refractivity contribution in [2.24, 2.45) is 0 Å². The van der Waals surface area contributed by atoms with E-state index in [4.69, 9.17) is 20.8 Å². The lowest BCUT2D eigenvalue weighted by atomic mass is 10.1. The van der Waals surface area contributed by atoms with Crippen molar-refractivity contribution in [1.82, 2.24) is 4.98 Å². The molecule has 4 aromatic rings. The molecule has 3 aromatic carbocycles. The molecule has 0 aliphatic carbocycles. The highest BCUT2D eigenvalue weighted by molar-refractivity contribution is 6.30. The van der Waals surface area contributed by atoms with Crippen molar-refractivity contribution in [3.05, 3.63) is 76.3 Å². The summed E-state index contributed by atoms with van der Waals surface area (Å²) in [6.07, 6.45) is 0. The lowest BCUT2D eigenvalue weighted by molar-refractivity contribution is -0.128. The van der Waals surface area contributed by atoms with Crippen LogP contribution in [0.2, 0.25) is 5.02 Å². The largest absolute Gasteiger partial charge is 0.478 e. The fourth-order valence-electron chi connectivity index (χ4n) is 3.31. The summed E-state index contributed by atoms with van der Waals surface area (Å²) in [4.78, 5) is 17.7. The summed E-state index contributed by atoms with van der Waals surface area (Å²) in [6.45, 7) is 9.48. The number of fused-ring (bicyclic) bond motifs is 1. The average Bonchev–Trinajstić information content (AvgIpc) is 3.14. The van der Waals surface area contributed by atoms with Crippen LogP contribution in [0.4, 0.5) is 5.69 Å². The standard InChI is InChI=1S/C26H25ClN2O3/c1-15-6-7-18(24-28-22-12-16(2)17(3)13-23(22)31-24)14-21(15)29-25(30)26(4,5)32-20-10-8-19(27)9-11-20/h6-14H,1-5H3,(H,29,30). The van der Waals surface area contributed by atoms with Gasteiger partial charge >= 0.3 is 0 Å². The number of carbonyl (C=O) groups is 1. The molecule has 0 aliphatic heterocycles. The molecule has 164 valence electrons. The molecule has 32 heavy (non-hydrogen) atoms. The number of carbonyl (C=O) groups excluding carboxylic acids is 1. The van der Waals surface area contributed by atoms with E-state index in [-0.39, 0.29) is 5.91 Å². The smallest absolute Gasteiger partial charge is 0.267 e. The van der Waals surface area contributed by atoms with Gasteiger partial charge in [0.15, 0.2) is 11.2 Å². The number of rotatable bonds is 5. The molecule has 4 rings (SSSR count). The first-order valence-corrected chi connectivity index (χ1v) is 10.7. The van der Waals surface area contributed by atoms with Crippen LogP contribution < -0.4 is 10.1 Å². The van der Waals surface area contributed by atoms with Crippen molar-refractivity contribution >= 4 is 34.3 Å². The normalized spacial score (nSPS) is 11.6. The first-order chi connectivity index (χ1) is 15.1. The third-order valence-electron chi connectivity index (χ3n) is 5.47. The summed E-state index contributed by atoms with van der Waals surface area (Å²) >= 11 is 5.93. The van der Waals surface area contributed by atoms with Gasteiger partial charge in [0.1, 0.15) is 11.3 Å². The number of nitrogens with one attached hydrogen (secondary N) is 1. The summed E-state index contributed by atoms with van der Waals surface area (Å²) in [5, 5.41) is 3.59. The van der Waals surface area contributed by atoms with Gasteiger partial charge in [-0.25, -0.2) is 4.98 Å². The highest BCUT2D eigenvalue weighted by atomic mass is 35.5. The molecule has 5 nitrogen and oxygen atoms in total. The number of aromatic nitrogens is 1. The Morgan fingerprint density at radius 1 is 0.969 bits per heavy atom. The number of aryl methyl sites for hydroxylation is 3. The Labute approximate surface area is 192 Å². The molecule has 0 saturated heterocycles. The van der Waals surface area contributed by atoms with Gasteiger partial charge in [-0.2, -0.15) is 0 Å². The Kier molecular flexibility index (Phi) is 5.70. The number of anilines is 1. The van der Waals surface area contributed by atoms with Crippen molar-refractivity contribution in [3.8, 4) is 17.2 Å². The van der Waals surface area contributed by atoms with Crippen LogP contribution >= 0.6 is 11.6 Å². The summed E-state index contributed by atoms with van der Waals surface area (Å²) < 4.78 is 11.9. The quantitative estimate of drug-likeness (QED) is 0.361. The Hall–Kier alpha value is -3.31. The first kappa shape index (κ1) is 21.9. The fourth-order valence-corrected chi connectivity index (χ4v) is 3.44. The Bertz CT molecular complexity index is 1270. The molecule has 0 fully saturated rings. The SMILES string of the molecule is Cc1cc2nc(-c3ccc(C)c(NC(=O)C(C)(C)Oc4ccc(Cl)cc4)c3)oc2cc1C. The number of halogens is 1. The maximum atomic E-state index is 13.0. The van der Waals surface area contributed by atoms with Crippen LogP contribution in [0.15, 0.2) is 59.0 Å². The fraction of sp³-hybridized carbons (Fsp3) is 0.231. The van der Waals surface area contributed by atoms with E-state index in [1.807, 2.05) is 44.2 Å². The van der Waals surface area contributed by atoms with Crippen LogP contribution in [0.3, 0.4) is 0 Å². The molecule has 0 aliphatic rings. The molecule has 0 saturated carbocycles. The van der Waals surface area contributed by atoms with Crippen LogP contribution in [0.1, 0.15) is 30.5 Å². The van der Waals surface area contributed by atoms with Crippen molar-refractivity contribution in [3.63, 3.8) is 0 Å². The predicted molar refractivity (Wildman–Crippen MR) is 128 cm³/mol. The van der Waals surface area contributed by atoms with E-state index in [1.54, 1.807) is 38.1 Å². The molecule has 6 heteroatoms. The van der Waals surface area contributed by atoms with Crippen molar-refractivity contribution < 1.29 is 13.9 Å². The van der Waals surface area contributed by atoms with Gasteiger partial charge in [-0.15, -0.1) is 0 Å². The molecule has 0 radical (unpaired) electrons. The molecule has 1 aromatic heterocycles. The minimum absolute atomic E-state index is 0.267. The molecule has 0 spiro atoms. The Balaban J connectivity index is 1.58. The van der Waals surface area contributed by atoms with Crippen LogP contribution in [-0.2, 0) is 4.79 Å². The van der Waals surface area contributed by atoms with Gasteiger partial charge in [-0.1, -0.05) is 17.7 Å². The van der Waals surface area contributed by atoms with Gasteiger partial charge in [-0.05, 0) is 99.8 Å². The third-order valence-corrected chi connectivity index (χ3v) is 5.72. The van der Waals surface area contributed by atoms with E-state index in [0.29, 0.717) is 22.4 Å². The van der Waals surface area contributed by atoms with Crippen LogP contribution in [0, 0.1) is 20.8 Å². The molecule has 0 unspecified atom stereocenters. The zero-order valence-electron chi connectivity index (χ0n) is 18.7. The lowest BCUT2D eigenvalue weighted by Gasteiger charge is -2.26. The van der Waals surface area contributed by atoms with E-state index in [9.17, 15) is 4.79 Å². The number of hydrogen-bond acceptors (Lipinski definition) is 4. The van der Waals surface area contributed by atoms with E-state index in [2.05, 4.69) is 17.2 Å². The second-order valence-electron chi connectivity index (χ2n) is 8.47. The zero-order chi connectivity index (χ0) is 23.0. The molecular formula is C26H25ClN2O3. The maximum absolute atomic E-state index is 13.0. The van der Waals surface area contributed by atoms with Crippen LogP contribution in [-0.4, -0.2) is 16.5 Å². The maximum Gasteiger partial charge on any atom is 0.267 e. The highest BCUT2D eigenvalue weighted by Gasteiger charge is 2.30. The Morgan fingerprint density at radius 2 is 1.66 bits per heavy atom. The van der Waals surface area contributed by atoms with E-state index in [0.717, 1.165) is 33.4 Å². The topological polar surface area (TPSA) is 64.4 Å². The summed E-state index contributed by atoms with van der Waals surface area (Å²) in [5.41, 5.74) is 5.16. The lowest BCUT2D eigenvalue weighted by Crippen LogP contribution is -2.42. The van der Waals surface area contributed by atoms with Gasteiger partial charge in [0.2, 0.25) is 5.89 Å². The Morgan fingerprint density at radius 3 is 2.38 bits per heavy atom. The number of nitrogens with zero attached hydrogens (tertiary/aromatic N) is 1. The summed E-state index contributed by atoms with van der Waals surface area (Å²) in [7, 11) is 0. The number of ether oxygens (including phenoxy) is 1. The number of amides is 1. The molecule has 1 amide bonds. The highest BCUT2D eigenvalue weighted by Crippen LogP contribution is 2.30. The molecule has 0 bridgehead atoms. The summed E-state index contributed by atoms with van der Waals surface area (Å²) in [6, 6.07) is 16.7. The zero-order valence-corrected chi connectivity index (χ0v) is 19.5. The van der Waals surface area contributed by atoms with Crippen LogP contribution in [0.5, 0.6) is 5.75 Å². The minimum Gasteiger partial charge on any atom is -0.478 e. The summed E-state index contributed by atoms with van der Waals surface area (Å²) in [5.74, 6) is 0.811. The molecular weight excluding hydrogens is 424 g/mol. The van der Waals surface area contributed by atoms with Gasteiger partial charge < -0.3 is 14.5 Å². The van der Waals surface area contributed by atoms with Crippen LogP contribution in [0.25, 0.3) is 22.6 Å². The van der Waals surface area contributed by atoms with Gasteiger partial charge in [0, 0.05) is 16.3 Å². The van der Waals surface area contributed by atoms with Gasteiger partial charge in [-0.3, -0.25) is 4.79 Å². The van der Waals surface area contributed by atoms with E-state index in [1.165, 1.54) is 0 Å². The number of hydrogen-bond donors (Lipinski definition) is 1. The molecule has 1 heterocycles. The van der Waals surface area contributed by atoms with Crippen molar-refractivity contribution in [2.75, 3.05) is 5.32 Å². The second kappa shape index (κ2) is 8.32. The number of oxazole rings is 1. The average molecular weight is 449 g/mol. The van der Waals surface area contributed by atoms with E-state index < -0.39 is 5.60 Å². The first-order valence-electron chi connectivity index (χ1n) is 10.4. The van der Waals surface area contributed by atoms with Crippen molar-refractivity contribution in [2.45, 2.75) is 40.2 Å². The monoisotopic (exact) mass is 448 g/mol.